The van der Waals surface area contributed by atoms with Gasteiger partial charge < -0.3 is 5.73 Å². The van der Waals surface area contributed by atoms with E-state index >= 15 is 0 Å². The smallest absolute Gasteiger partial charge is 0.102 e. The Morgan fingerprint density at radius 3 is 1.61 bits per heavy atom. The lowest BCUT2D eigenvalue weighted by Crippen LogP contribution is -2.17. The summed E-state index contributed by atoms with van der Waals surface area (Å²) in [4.78, 5) is 4.81. The van der Waals surface area contributed by atoms with E-state index in [1.54, 1.807) is 0 Å². The van der Waals surface area contributed by atoms with E-state index < -0.39 is 0 Å². The molecule has 114 valence electrons. The fourth-order valence-electron chi connectivity index (χ4n) is 2.63. The average Bonchev–Trinajstić information content (AvgIpc) is 2.62. The maximum Gasteiger partial charge on any atom is 0.102 e. The fraction of sp³-hybridized carbons (Fsp3) is 0.0952. The van der Waals surface area contributed by atoms with E-state index in [0.717, 1.165) is 11.1 Å². The maximum absolute atomic E-state index is 6.23. The van der Waals surface area contributed by atoms with Crippen LogP contribution < -0.4 is 5.73 Å². The molecule has 0 radical (unpaired) electrons. The van der Waals surface area contributed by atoms with E-state index in [0.29, 0.717) is 12.3 Å². The Kier molecular flexibility index (Phi) is 4.85. The molecule has 3 aromatic carbocycles. The zero-order chi connectivity index (χ0) is 15.9. The van der Waals surface area contributed by atoms with Crippen LogP contribution in [0.4, 0.5) is 0 Å². The van der Waals surface area contributed by atoms with Crippen LogP contribution in [0.2, 0.25) is 0 Å². The molecule has 0 bridgehead atoms. The first-order chi connectivity index (χ1) is 11.3. The zero-order valence-corrected chi connectivity index (χ0v) is 13.0. The molecule has 0 fully saturated rings. The van der Waals surface area contributed by atoms with Crippen molar-refractivity contribution in [3.05, 3.63) is 108 Å². The van der Waals surface area contributed by atoms with Crippen molar-refractivity contribution < 1.29 is 0 Å². The number of hydrogen-bond acceptors (Lipinski definition) is 1. The summed E-state index contributed by atoms with van der Waals surface area (Å²) >= 11 is 0. The molecule has 23 heavy (non-hydrogen) atoms. The van der Waals surface area contributed by atoms with E-state index in [4.69, 9.17) is 10.7 Å². The second-order valence-electron chi connectivity index (χ2n) is 5.51. The highest BCUT2D eigenvalue weighted by atomic mass is 14.9. The molecule has 0 saturated heterocycles. The van der Waals surface area contributed by atoms with Crippen molar-refractivity contribution >= 4 is 5.84 Å². The Morgan fingerprint density at radius 1 is 0.696 bits per heavy atom. The Bertz CT molecular complexity index is 710. The van der Waals surface area contributed by atoms with Gasteiger partial charge in [0.1, 0.15) is 6.04 Å². The van der Waals surface area contributed by atoms with Gasteiger partial charge >= 0.3 is 0 Å². The van der Waals surface area contributed by atoms with Crippen LogP contribution in [0, 0.1) is 0 Å². The number of nitrogens with two attached hydrogens (primary N) is 1. The highest BCUT2D eigenvalue weighted by Crippen LogP contribution is 2.26. The van der Waals surface area contributed by atoms with E-state index in [1.807, 2.05) is 54.6 Å². The van der Waals surface area contributed by atoms with E-state index in [1.165, 1.54) is 5.56 Å². The largest absolute Gasteiger partial charge is 0.387 e. The van der Waals surface area contributed by atoms with Crippen LogP contribution >= 0.6 is 0 Å². The van der Waals surface area contributed by atoms with Crippen LogP contribution in [0.1, 0.15) is 22.7 Å². The van der Waals surface area contributed by atoms with Gasteiger partial charge in [0.25, 0.3) is 0 Å². The number of benzene rings is 3. The summed E-state index contributed by atoms with van der Waals surface area (Å²) in [5, 5.41) is 0. The van der Waals surface area contributed by atoms with Gasteiger partial charge in [0, 0.05) is 6.42 Å². The SMILES string of the molecule is NC(Cc1ccccc1)=NC(c1ccccc1)c1ccccc1. The van der Waals surface area contributed by atoms with Crippen molar-refractivity contribution in [3.63, 3.8) is 0 Å². The van der Waals surface area contributed by atoms with E-state index in [-0.39, 0.29) is 6.04 Å². The third-order valence-corrected chi connectivity index (χ3v) is 3.75. The quantitative estimate of drug-likeness (QED) is 0.551. The molecule has 0 amide bonds. The molecular weight excluding hydrogens is 280 g/mol. The van der Waals surface area contributed by atoms with E-state index in [9.17, 15) is 0 Å². The summed E-state index contributed by atoms with van der Waals surface area (Å²) in [6.07, 6.45) is 0.664. The Morgan fingerprint density at radius 2 is 1.13 bits per heavy atom. The lowest BCUT2D eigenvalue weighted by molar-refractivity contribution is 0.864. The van der Waals surface area contributed by atoms with Crippen LogP contribution in [-0.2, 0) is 6.42 Å². The van der Waals surface area contributed by atoms with Crippen LogP contribution in [0.5, 0.6) is 0 Å². The predicted molar refractivity (Wildman–Crippen MR) is 96.5 cm³/mol. The average molecular weight is 300 g/mol. The minimum absolute atomic E-state index is 0.0684. The second kappa shape index (κ2) is 7.41. The van der Waals surface area contributed by atoms with Gasteiger partial charge in [0.05, 0.1) is 5.84 Å². The summed E-state index contributed by atoms with van der Waals surface area (Å²) < 4.78 is 0. The molecule has 2 N–H and O–H groups in total. The van der Waals surface area contributed by atoms with Crippen molar-refractivity contribution in [2.75, 3.05) is 0 Å². The Balaban J connectivity index is 1.91. The maximum atomic E-state index is 6.23. The number of hydrogen-bond donors (Lipinski definition) is 1. The Hall–Kier alpha value is -2.87. The first-order valence-electron chi connectivity index (χ1n) is 7.79. The second-order valence-corrected chi connectivity index (χ2v) is 5.51. The van der Waals surface area contributed by atoms with Crippen molar-refractivity contribution in [2.45, 2.75) is 12.5 Å². The van der Waals surface area contributed by atoms with Crippen molar-refractivity contribution in [3.8, 4) is 0 Å². The first-order valence-corrected chi connectivity index (χ1v) is 7.79. The first kappa shape index (κ1) is 15.0. The summed E-state index contributed by atoms with van der Waals surface area (Å²) in [5.74, 6) is 0.647. The van der Waals surface area contributed by atoms with Crippen LogP contribution in [0.15, 0.2) is 96.0 Å². The van der Waals surface area contributed by atoms with Gasteiger partial charge in [0.15, 0.2) is 0 Å². The molecule has 0 aliphatic carbocycles. The predicted octanol–water partition coefficient (Wildman–Crippen LogP) is 4.38. The number of aliphatic imine (C=N–C) groups is 1. The zero-order valence-electron chi connectivity index (χ0n) is 13.0. The highest BCUT2D eigenvalue weighted by Gasteiger charge is 2.13. The van der Waals surface area contributed by atoms with Crippen molar-refractivity contribution in [1.82, 2.24) is 0 Å². The van der Waals surface area contributed by atoms with Gasteiger partial charge in [-0.05, 0) is 16.7 Å². The fourth-order valence-corrected chi connectivity index (χ4v) is 2.63. The minimum atomic E-state index is -0.0684. The molecular formula is C21H20N2. The minimum Gasteiger partial charge on any atom is -0.387 e. The van der Waals surface area contributed by atoms with Gasteiger partial charge in [-0.1, -0.05) is 91.0 Å². The molecule has 0 aliphatic rings. The summed E-state index contributed by atoms with van der Waals surface area (Å²) in [6.45, 7) is 0. The molecule has 3 rings (SSSR count). The topological polar surface area (TPSA) is 38.4 Å². The molecule has 0 spiro atoms. The molecule has 0 aliphatic heterocycles. The van der Waals surface area contributed by atoms with Gasteiger partial charge in [-0.15, -0.1) is 0 Å². The molecule has 0 unspecified atom stereocenters. The summed E-state index contributed by atoms with van der Waals surface area (Å²) in [6, 6.07) is 30.7. The van der Waals surface area contributed by atoms with Gasteiger partial charge in [0.2, 0.25) is 0 Å². The standard InChI is InChI=1S/C21H20N2/c22-20(16-17-10-4-1-5-11-17)23-21(18-12-6-2-7-13-18)19-14-8-3-9-15-19/h1-15,21H,16H2,(H2,22,23). The lowest BCUT2D eigenvalue weighted by Gasteiger charge is -2.15. The van der Waals surface area contributed by atoms with Crippen LogP contribution in [0.3, 0.4) is 0 Å². The third kappa shape index (κ3) is 4.07. The van der Waals surface area contributed by atoms with Crippen LogP contribution in [0.25, 0.3) is 0 Å². The molecule has 0 heterocycles. The Labute approximate surface area is 137 Å². The normalized spacial score (nSPS) is 11.6. The molecule has 2 heteroatoms. The third-order valence-electron chi connectivity index (χ3n) is 3.75. The number of amidine groups is 1. The van der Waals surface area contributed by atoms with Gasteiger partial charge in [-0.25, -0.2) is 0 Å². The van der Waals surface area contributed by atoms with Crippen molar-refractivity contribution in [2.24, 2.45) is 10.7 Å². The summed E-state index contributed by atoms with van der Waals surface area (Å²) in [7, 11) is 0. The van der Waals surface area contributed by atoms with Crippen molar-refractivity contribution in [1.29, 1.82) is 0 Å². The lowest BCUT2D eigenvalue weighted by atomic mass is 9.99. The molecule has 3 aromatic rings. The van der Waals surface area contributed by atoms with E-state index in [2.05, 4.69) is 36.4 Å². The molecule has 0 aromatic heterocycles. The van der Waals surface area contributed by atoms with Crippen LogP contribution in [-0.4, -0.2) is 5.84 Å². The molecule has 2 nitrogen and oxygen atoms in total. The molecule has 0 saturated carbocycles. The number of nitrogens with zero attached hydrogens (tertiary/aromatic N) is 1. The number of rotatable bonds is 5. The monoisotopic (exact) mass is 300 g/mol. The molecule has 0 atom stereocenters. The highest BCUT2D eigenvalue weighted by molar-refractivity contribution is 5.83. The van der Waals surface area contributed by atoms with Gasteiger partial charge in [-0.2, -0.15) is 0 Å². The van der Waals surface area contributed by atoms with Gasteiger partial charge in [-0.3, -0.25) is 4.99 Å². The summed E-state index contributed by atoms with van der Waals surface area (Å²) in [5.41, 5.74) is 9.70.